The van der Waals surface area contributed by atoms with Crippen molar-refractivity contribution in [3.05, 3.63) is 105 Å². The third-order valence-electron chi connectivity index (χ3n) is 9.21. The molecule has 0 aliphatic rings. The number of benzene rings is 4. The Balaban J connectivity index is 2.07. The van der Waals surface area contributed by atoms with Crippen molar-refractivity contribution < 1.29 is 18.1 Å². The molecule has 0 N–H and O–H groups in total. The lowest BCUT2D eigenvalue weighted by Crippen LogP contribution is -2.22. The summed E-state index contributed by atoms with van der Waals surface area (Å²) in [4.78, 5) is 0. The van der Waals surface area contributed by atoms with Gasteiger partial charge in [-0.15, -0.1) is 0 Å². The minimum Gasteiger partial charge on any atom is -0.441 e. The van der Waals surface area contributed by atoms with Gasteiger partial charge in [0.05, 0.1) is 0 Å². The van der Waals surface area contributed by atoms with E-state index in [9.17, 15) is 0 Å². The van der Waals surface area contributed by atoms with Crippen LogP contribution in [-0.4, -0.2) is 0 Å². The van der Waals surface area contributed by atoms with Gasteiger partial charge in [0.25, 0.3) is 18.1 Å². The van der Waals surface area contributed by atoms with Gasteiger partial charge in [-0.05, 0) is 95.9 Å². The molecule has 4 aromatic carbocycles. The van der Waals surface area contributed by atoms with E-state index in [0.717, 1.165) is 45.3 Å². The maximum atomic E-state index is 6.90. The van der Waals surface area contributed by atoms with Crippen molar-refractivity contribution in [2.45, 2.75) is 132 Å². The maximum Gasteiger partial charge on any atom is 0.275 e. The fourth-order valence-electron chi connectivity index (χ4n) is 6.44. The summed E-state index contributed by atoms with van der Waals surface area (Å²) < 4.78 is 26.3. The fraction of sp³-hybridized carbons (Fsp3) is 0.455. The van der Waals surface area contributed by atoms with Gasteiger partial charge in [-0.1, -0.05) is 131 Å². The minimum absolute atomic E-state index is 0.113. The topological polar surface area (TPSA) is 36.9 Å². The molecule has 4 nitrogen and oxygen atoms in total. The van der Waals surface area contributed by atoms with Crippen LogP contribution >= 0.6 is 18.1 Å². The molecule has 4 rings (SSSR count). The average molecular weight is 715 g/mol. The third-order valence-corrected chi connectivity index (χ3v) is 10.4. The first-order valence-corrected chi connectivity index (χ1v) is 19.3. The summed E-state index contributed by atoms with van der Waals surface area (Å²) in [7, 11) is -0.472. The second-order valence-corrected chi connectivity index (χ2v) is 19.0. The van der Waals surface area contributed by atoms with Crippen LogP contribution in [0.3, 0.4) is 0 Å². The summed E-state index contributed by atoms with van der Waals surface area (Å²) in [5.74, 6) is 3.26. The first-order valence-electron chi connectivity index (χ1n) is 17.7. The number of hydrogen-bond donors (Lipinski definition) is 0. The lowest BCUT2D eigenvalue weighted by atomic mass is 9.72. The molecular formula is C44H60O4P2. The Morgan fingerprint density at radius 1 is 0.380 bits per heavy atom. The van der Waals surface area contributed by atoms with E-state index in [2.05, 4.69) is 147 Å². The van der Waals surface area contributed by atoms with Crippen LogP contribution in [0, 0.1) is 27.7 Å². The highest BCUT2D eigenvalue weighted by atomic mass is 31.1. The van der Waals surface area contributed by atoms with Gasteiger partial charge >= 0.3 is 0 Å². The van der Waals surface area contributed by atoms with Crippen molar-refractivity contribution in [2.24, 2.45) is 0 Å². The van der Waals surface area contributed by atoms with E-state index >= 15 is 0 Å². The molecule has 0 heterocycles. The standard InChI is InChI=1S/C44H60O4P2/c1-27-17-21-31(22-18-27)45-49-47-39-35(43(11,12)13)25-33(41(5,6)7)29(3)37(39)38-30(4)34(42(8,9)10)26-36(44(14,15)16)40(38)48-50-46-32-23-19-28(2)20-24-32/h17-26,49-50H,1-16H3. The molecule has 0 aliphatic carbocycles. The molecule has 0 radical (unpaired) electrons. The molecule has 0 bridgehead atoms. The first kappa shape index (κ1) is 39.7. The average Bonchev–Trinajstić information content (AvgIpc) is 2.97. The van der Waals surface area contributed by atoms with Crippen molar-refractivity contribution >= 4 is 18.1 Å². The molecule has 2 atom stereocenters. The van der Waals surface area contributed by atoms with Crippen molar-refractivity contribution in [1.29, 1.82) is 0 Å². The van der Waals surface area contributed by atoms with Crippen molar-refractivity contribution in [2.75, 3.05) is 0 Å². The van der Waals surface area contributed by atoms with Gasteiger partial charge in [0.2, 0.25) is 0 Å². The summed E-state index contributed by atoms with van der Waals surface area (Å²) in [6, 6.07) is 21.0. The molecule has 50 heavy (non-hydrogen) atoms. The lowest BCUT2D eigenvalue weighted by molar-refractivity contribution is 0.484. The van der Waals surface area contributed by atoms with Crippen LogP contribution in [0.4, 0.5) is 0 Å². The summed E-state index contributed by atoms with van der Waals surface area (Å²) in [6.45, 7) is 36.0. The molecule has 270 valence electrons. The Labute approximate surface area is 307 Å². The lowest BCUT2D eigenvalue weighted by Gasteiger charge is -2.35. The SMILES string of the molecule is Cc1ccc(OPOc2c(C(C)(C)C)cc(C(C)(C)C)c(C)c2-c2c(C)c(C(C)(C)C)cc(C(C)(C)C)c2OPOc2ccc(C)cc2)cc1. The van der Waals surface area contributed by atoms with Crippen LogP contribution in [0.25, 0.3) is 11.1 Å². The predicted molar refractivity (Wildman–Crippen MR) is 218 cm³/mol. The van der Waals surface area contributed by atoms with E-state index in [-0.39, 0.29) is 39.7 Å². The normalized spacial score (nSPS) is 13.0. The maximum absolute atomic E-state index is 6.90. The van der Waals surface area contributed by atoms with Gasteiger partial charge in [0.15, 0.2) is 0 Å². The van der Waals surface area contributed by atoms with E-state index in [1.54, 1.807) is 0 Å². The molecule has 2 unspecified atom stereocenters. The van der Waals surface area contributed by atoms with E-state index < -0.39 is 0 Å². The Morgan fingerprint density at radius 2 is 0.660 bits per heavy atom. The van der Waals surface area contributed by atoms with E-state index in [4.69, 9.17) is 18.1 Å². The highest BCUT2D eigenvalue weighted by Gasteiger charge is 2.35. The van der Waals surface area contributed by atoms with Gasteiger partial charge in [-0.2, -0.15) is 0 Å². The zero-order chi connectivity index (χ0) is 37.4. The molecule has 0 saturated heterocycles. The fourth-order valence-corrected chi connectivity index (χ4v) is 7.57. The zero-order valence-corrected chi connectivity index (χ0v) is 35.4. The number of aryl methyl sites for hydroxylation is 2. The minimum atomic E-state index is -0.236. The Kier molecular flexibility index (Phi) is 11.8. The monoisotopic (exact) mass is 714 g/mol. The van der Waals surface area contributed by atoms with Crippen molar-refractivity contribution in [3.63, 3.8) is 0 Å². The molecule has 4 aromatic rings. The van der Waals surface area contributed by atoms with Gasteiger partial charge in [-0.25, -0.2) is 0 Å². The number of rotatable bonds is 9. The summed E-state index contributed by atoms with van der Waals surface area (Å²) >= 11 is 0. The first-order chi connectivity index (χ1) is 23.0. The Hall–Kier alpha value is -3.06. The second-order valence-electron chi connectivity index (χ2n) is 17.8. The molecule has 0 saturated carbocycles. The molecule has 0 fully saturated rings. The second kappa shape index (κ2) is 14.9. The van der Waals surface area contributed by atoms with Crippen molar-refractivity contribution in [1.82, 2.24) is 0 Å². The molecule has 0 spiro atoms. The summed E-state index contributed by atoms with van der Waals surface area (Å²) in [6.07, 6.45) is 0. The highest BCUT2D eigenvalue weighted by Crippen LogP contribution is 2.54. The van der Waals surface area contributed by atoms with E-state index in [0.29, 0.717) is 0 Å². The highest BCUT2D eigenvalue weighted by molar-refractivity contribution is 7.27. The Bertz CT molecular complexity index is 1660. The van der Waals surface area contributed by atoms with Crippen molar-refractivity contribution in [3.8, 4) is 34.1 Å². The quantitative estimate of drug-likeness (QED) is 0.162. The number of hydrogen-bond acceptors (Lipinski definition) is 4. The molecule has 6 heteroatoms. The van der Waals surface area contributed by atoms with E-state index in [1.807, 2.05) is 24.3 Å². The predicted octanol–water partition coefficient (Wildman–Crippen LogP) is 13.7. The third kappa shape index (κ3) is 9.23. The van der Waals surface area contributed by atoms with Crippen LogP contribution in [0.15, 0.2) is 60.7 Å². The zero-order valence-electron chi connectivity index (χ0n) is 33.4. The van der Waals surface area contributed by atoms with Crippen LogP contribution in [0.5, 0.6) is 23.0 Å². The van der Waals surface area contributed by atoms with Gasteiger partial charge in [0.1, 0.15) is 23.0 Å². The largest absolute Gasteiger partial charge is 0.441 e. The van der Waals surface area contributed by atoms with Crippen LogP contribution in [0.2, 0.25) is 0 Å². The van der Waals surface area contributed by atoms with Crippen LogP contribution in [-0.2, 0) is 21.7 Å². The summed E-state index contributed by atoms with van der Waals surface area (Å²) in [5, 5.41) is 0. The molecule has 0 aliphatic heterocycles. The van der Waals surface area contributed by atoms with Crippen LogP contribution in [0.1, 0.15) is 128 Å². The van der Waals surface area contributed by atoms with E-state index in [1.165, 1.54) is 33.4 Å². The van der Waals surface area contributed by atoms with Gasteiger partial charge in [-0.3, -0.25) is 0 Å². The smallest absolute Gasteiger partial charge is 0.275 e. The Morgan fingerprint density at radius 3 is 0.920 bits per heavy atom. The molecule has 0 amide bonds. The van der Waals surface area contributed by atoms with Crippen LogP contribution < -0.4 is 18.1 Å². The molecule has 0 aromatic heterocycles. The molecular weight excluding hydrogens is 654 g/mol. The summed E-state index contributed by atoms with van der Waals surface area (Å²) in [5.41, 5.74) is 11.1. The van der Waals surface area contributed by atoms with Gasteiger partial charge in [0, 0.05) is 22.3 Å². The van der Waals surface area contributed by atoms with Gasteiger partial charge < -0.3 is 18.1 Å².